The zero-order valence-electron chi connectivity index (χ0n) is 26.2. The van der Waals surface area contributed by atoms with E-state index in [1.165, 1.54) is 16.7 Å². The van der Waals surface area contributed by atoms with Gasteiger partial charge < -0.3 is 5.11 Å². The molecule has 0 spiro atoms. The van der Waals surface area contributed by atoms with Gasteiger partial charge in [-0.15, -0.1) is 0 Å². The molecule has 0 saturated carbocycles. The lowest BCUT2D eigenvalue weighted by Gasteiger charge is -2.16. The van der Waals surface area contributed by atoms with Crippen molar-refractivity contribution in [2.24, 2.45) is 0 Å². The summed E-state index contributed by atoms with van der Waals surface area (Å²) in [6.45, 7) is 14.8. The lowest BCUT2D eigenvalue weighted by atomic mass is 10.0. The first kappa shape index (κ1) is 35.6. The highest BCUT2D eigenvalue weighted by atomic mass is 32.2. The second-order valence-electron chi connectivity index (χ2n) is 11.4. The molecule has 0 bridgehead atoms. The average molecular weight is 567 g/mol. The fraction of sp³-hybridized carbons (Fsp3) is 0.500. The van der Waals surface area contributed by atoms with Crippen LogP contribution in [0.25, 0.3) is 0 Å². The number of sulfone groups is 1. The van der Waals surface area contributed by atoms with Gasteiger partial charge in [-0.2, -0.15) is 0 Å². The molecule has 0 aliphatic heterocycles. The van der Waals surface area contributed by atoms with E-state index in [-0.39, 0.29) is 6.61 Å². The molecule has 222 valence electrons. The summed E-state index contributed by atoms with van der Waals surface area (Å²) in [6, 6.07) is 8.80. The zero-order chi connectivity index (χ0) is 30.0. The minimum absolute atomic E-state index is 0.0539. The molecule has 0 radical (unpaired) electrons. The van der Waals surface area contributed by atoms with Crippen LogP contribution in [0.15, 0.2) is 105 Å². The van der Waals surface area contributed by atoms with Gasteiger partial charge in [0.05, 0.1) is 16.8 Å². The van der Waals surface area contributed by atoms with Crippen LogP contribution in [0.4, 0.5) is 0 Å². The van der Waals surface area contributed by atoms with E-state index in [9.17, 15) is 8.42 Å². The third-order valence-electron chi connectivity index (χ3n) is 7.09. The maximum atomic E-state index is 13.6. The molecule has 0 amide bonds. The predicted octanol–water partition coefficient (Wildman–Crippen LogP) is 10.0. The summed E-state index contributed by atoms with van der Waals surface area (Å²) in [5.41, 5.74) is 7.55. The van der Waals surface area contributed by atoms with Crippen LogP contribution in [0, 0.1) is 0 Å². The molecule has 1 N–H and O–H groups in total. The quantitative estimate of drug-likeness (QED) is 0.180. The van der Waals surface area contributed by atoms with E-state index in [0.29, 0.717) is 11.3 Å². The van der Waals surface area contributed by atoms with Gasteiger partial charge in [-0.3, -0.25) is 0 Å². The van der Waals surface area contributed by atoms with Crippen molar-refractivity contribution < 1.29 is 13.5 Å². The first-order chi connectivity index (χ1) is 18.9. The van der Waals surface area contributed by atoms with Crippen LogP contribution in [-0.2, 0) is 9.84 Å². The van der Waals surface area contributed by atoms with Crippen molar-refractivity contribution in [1.82, 2.24) is 0 Å². The van der Waals surface area contributed by atoms with Crippen LogP contribution in [0.2, 0.25) is 0 Å². The third kappa shape index (κ3) is 15.4. The molecule has 0 saturated heterocycles. The second-order valence-corrected chi connectivity index (χ2v) is 13.6. The van der Waals surface area contributed by atoms with Gasteiger partial charge in [0.15, 0.2) is 9.84 Å². The largest absolute Gasteiger partial charge is 0.392 e. The Balaban J connectivity index is 2.86. The van der Waals surface area contributed by atoms with Gasteiger partial charge in [-0.1, -0.05) is 88.1 Å². The Hall–Kier alpha value is -2.43. The Kier molecular flexibility index (Phi) is 17.5. The Morgan fingerprint density at radius 1 is 0.650 bits per heavy atom. The molecule has 4 heteroatoms. The number of hydrogen-bond donors (Lipinski definition) is 1. The Bertz CT molecular complexity index is 1170. The van der Waals surface area contributed by atoms with Crippen molar-refractivity contribution in [2.75, 3.05) is 6.61 Å². The van der Waals surface area contributed by atoms with Crippen LogP contribution in [0.5, 0.6) is 0 Å². The van der Waals surface area contributed by atoms with Crippen molar-refractivity contribution in [3.05, 3.63) is 100 Å². The molecule has 40 heavy (non-hydrogen) atoms. The van der Waals surface area contributed by atoms with Crippen LogP contribution in [-0.4, -0.2) is 25.4 Å². The molecular weight excluding hydrogens is 512 g/mol. The molecule has 1 aromatic carbocycles. The standard InChI is InChI=1S/C36H54O3S/c1-29(2)15-11-16-30(3)17-12-18-31(4)19-13-21-33(6)27-36(40(38,39)35-23-9-8-10-24-35)28-34(7)22-14-20-32(5)25-26-37/h8-10,15,17,19,22-25,27,36-37H,11-14,16,18,20-21,26,28H2,1-7H3. The third-order valence-corrected chi connectivity index (χ3v) is 9.12. The average Bonchev–Trinajstić information content (AvgIpc) is 2.88. The molecule has 0 aromatic heterocycles. The summed E-state index contributed by atoms with van der Waals surface area (Å²) >= 11 is 0. The molecule has 0 aliphatic carbocycles. The van der Waals surface area contributed by atoms with Crippen molar-refractivity contribution in [1.29, 1.82) is 0 Å². The molecule has 0 fully saturated rings. The highest BCUT2D eigenvalue weighted by Gasteiger charge is 2.25. The predicted molar refractivity (Wildman–Crippen MR) is 174 cm³/mol. The smallest absolute Gasteiger partial charge is 0.185 e. The molecule has 0 heterocycles. The van der Waals surface area contributed by atoms with Crippen LogP contribution < -0.4 is 0 Å². The Labute approximate surface area is 246 Å². The molecule has 1 rings (SSSR count). The van der Waals surface area contributed by atoms with Gasteiger partial charge in [0, 0.05) is 0 Å². The number of aliphatic hydroxyl groups is 1. The Morgan fingerprint density at radius 2 is 1.10 bits per heavy atom. The topological polar surface area (TPSA) is 54.4 Å². The van der Waals surface area contributed by atoms with Crippen molar-refractivity contribution in [3.63, 3.8) is 0 Å². The number of hydrogen-bond acceptors (Lipinski definition) is 3. The maximum absolute atomic E-state index is 13.6. The summed E-state index contributed by atoms with van der Waals surface area (Å²) < 4.78 is 27.2. The first-order valence-electron chi connectivity index (χ1n) is 14.8. The molecular formula is C36H54O3S. The van der Waals surface area contributed by atoms with E-state index in [2.05, 4.69) is 58.9 Å². The minimum atomic E-state index is -3.50. The lowest BCUT2D eigenvalue weighted by molar-refractivity contribution is 0.341. The summed E-state index contributed by atoms with van der Waals surface area (Å²) in [4.78, 5) is 0.374. The van der Waals surface area contributed by atoms with E-state index < -0.39 is 15.1 Å². The van der Waals surface area contributed by atoms with E-state index in [1.54, 1.807) is 24.3 Å². The highest BCUT2D eigenvalue weighted by molar-refractivity contribution is 7.92. The zero-order valence-corrected chi connectivity index (χ0v) is 27.0. The lowest BCUT2D eigenvalue weighted by Crippen LogP contribution is -2.20. The summed E-state index contributed by atoms with van der Waals surface area (Å²) in [7, 11) is -3.50. The number of rotatable bonds is 18. The van der Waals surface area contributed by atoms with Crippen LogP contribution >= 0.6 is 0 Å². The highest BCUT2D eigenvalue weighted by Crippen LogP contribution is 2.25. The number of benzene rings is 1. The van der Waals surface area contributed by atoms with E-state index in [4.69, 9.17) is 5.11 Å². The van der Waals surface area contributed by atoms with Gasteiger partial charge in [-0.05, 0) is 118 Å². The SMILES string of the molecule is CC(C)=CCCC(C)=CCCC(C)=CCCC(C)=CC(CC(C)=CCCC(C)=CCO)S(=O)(=O)c1ccccc1. The van der Waals surface area contributed by atoms with Crippen molar-refractivity contribution in [3.8, 4) is 0 Å². The molecule has 1 atom stereocenters. The van der Waals surface area contributed by atoms with Gasteiger partial charge in [-0.25, -0.2) is 8.42 Å². The summed E-state index contributed by atoms with van der Waals surface area (Å²) in [6.07, 6.45) is 21.2. The van der Waals surface area contributed by atoms with Crippen LogP contribution in [0.3, 0.4) is 0 Å². The monoisotopic (exact) mass is 566 g/mol. The second kappa shape index (κ2) is 19.6. The van der Waals surface area contributed by atoms with Gasteiger partial charge >= 0.3 is 0 Å². The van der Waals surface area contributed by atoms with Gasteiger partial charge in [0.1, 0.15) is 0 Å². The molecule has 0 aliphatic rings. The van der Waals surface area contributed by atoms with Crippen molar-refractivity contribution >= 4 is 9.84 Å². The minimum Gasteiger partial charge on any atom is -0.392 e. The van der Waals surface area contributed by atoms with Gasteiger partial charge in [0.25, 0.3) is 0 Å². The maximum Gasteiger partial charge on any atom is 0.185 e. The Morgan fingerprint density at radius 3 is 1.60 bits per heavy atom. The molecule has 1 unspecified atom stereocenters. The van der Waals surface area contributed by atoms with E-state index in [0.717, 1.165) is 68.1 Å². The van der Waals surface area contributed by atoms with Crippen LogP contribution in [0.1, 0.15) is 106 Å². The number of aliphatic hydroxyl groups excluding tert-OH is 1. The molecule has 3 nitrogen and oxygen atoms in total. The fourth-order valence-electron chi connectivity index (χ4n) is 4.53. The summed E-state index contributed by atoms with van der Waals surface area (Å²) in [5.74, 6) is 0. The van der Waals surface area contributed by atoms with E-state index in [1.807, 2.05) is 32.1 Å². The summed E-state index contributed by atoms with van der Waals surface area (Å²) in [5, 5.41) is 8.47. The van der Waals surface area contributed by atoms with E-state index >= 15 is 0 Å². The normalized spacial score (nSPS) is 14.8. The fourth-order valence-corrected chi connectivity index (χ4v) is 6.31. The molecule has 1 aromatic rings. The van der Waals surface area contributed by atoms with Crippen molar-refractivity contribution in [2.45, 2.75) is 116 Å². The first-order valence-corrected chi connectivity index (χ1v) is 16.3. The number of allylic oxidation sites excluding steroid dienone is 10. The van der Waals surface area contributed by atoms with Gasteiger partial charge in [0.2, 0.25) is 0 Å².